The smallest absolute Gasteiger partial charge is 0.225 e. The van der Waals surface area contributed by atoms with Gasteiger partial charge in [0.15, 0.2) is 0 Å². The summed E-state index contributed by atoms with van der Waals surface area (Å²) < 4.78 is 22.5. The van der Waals surface area contributed by atoms with Crippen LogP contribution in [0.25, 0.3) is 0 Å². The zero-order valence-corrected chi connectivity index (χ0v) is 9.75. The summed E-state index contributed by atoms with van der Waals surface area (Å²) in [6.45, 7) is 0. The van der Waals surface area contributed by atoms with Gasteiger partial charge in [0.2, 0.25) is 10.0 Å². The Hall–Kier alpha value is -0.390. The zero-order chi connectivity index (χ0) is 10.3. The van der Waals surface area contributed by atoms with Crippen LogP contribution in [0, 0.1) is 0 Å². The monoisotopic (exact) mass is 275 g/mol. The maximum Gasteiger partial charge on any atom is 0.238 e. The van der Waals surface area contributed by atoms with E-state index in [0.29, 0.717) is 10.7 Å². The van der Waals surface area contributed by atoms with Crippen molar-refractivity contribution in [1.82, 2.24) is 0 Å². The molecule has 2 unspecified atom stereocenters. The van der Waals surface area contributed by atoms with Gasteiger partial charge in [0.1, 0.15) is 0 Å². The van der Waals surface area contributed by atoms with Crippen molar-refractivity contribution in [2.24, 2.45) is 5.14 Å². The van der Waals surface area contributed by atoms with Crippen LogP contribution in [-0.4, -0.2) is 13.2 Å². The molecule has 0 radical (unpaired) electrons. The minimum Gasteiger partial charge on any atom is -0.225 e. The van der Waals surface area contributed by atoms with Gasteiger partial charge >= 0.3 is 0 Å². The molecule has 0 aliphatic heterocycles. The van der Waals surface area contributed by atoms with Crippen molar-refractivity contribution in [2.75, 3.05) is 0 Å². The predicted molar refractivity (Wildman–Crippen MR) is 57.9 cm³/mol. The summed E-state index contributed by atoms with van der Waals surface area (Å²) in [5.74, 6) is 0.296. The summed E-state index contributed by atoms with van der Waals surface area (Å²) in [5, 5.41) is 5.13. The molecule has 2 rings (SSSR count). The molecule has 0 aromatic heterocycles. The van der Waals surface area contributed by atoms with Gasteiger partial charge in [-0.3, -0.25) is 0 Å². The molecule has 1 aliphatic carbocycles. The van der Waals surface area contributed by atoms with Crippen molar-refractivity contribution in [3.8, 4) is 0 Å². The molecule has 2 N–H and O–H groups in total. The first kappa shape index (κ1) is 10.1. The van der Waals surface area contributed by atoms with E-state index in [0.717, 1.165) is 12.0 Å². The fourth-order valence-corrected chi connectivity index (χ4v) is 3.04. The van der Waals surface area contributed by atoms with Crippen LogP contribution in [0.5, 0.6) is 0 Å². The minimum absolute atomic E-state index is 0.256. The van der Waals surface area contributed by atoms with Crippen LogP contribution < -0.4 is 5.14 Å². The van der Waals surface area contributed by atoms with Crippen LogP contribution >= 0.6 is 15.9 Å². The van der Waals surface area contributed by atoms with E-state index in [2.05, 4.69) is 15.9 Å². The average molecular weight is 276 g/mol. The van der Waals surface area contributed by atoms with E-state index >= 15 is 0 Å². The quantitative estimate of drug-likeness (QED) is 0.834. The minimum atomic E-state index is -3.58. The van der Waals surface area contributed by atoms with Gasteiger partial charge in [-0.05, 0) is 24.0 Å². The summed E-state index contributed by atoms with van der Waals surface area (Å²) >= 11 is 3.45. The highest BCUT2D eigenvalue weighted by atomic mass is 79.9. The van der Waals surface area contributed by atoms with Crippen molar-refractivity contribution >= 4 is 26.0 Å². The number of halogens is 1. The Morgan fingerprint density at radius 2 is 1.93 bits per heavy atom. The van der Waals surface area contributed by atoms with Crippen LogP contribution in [0.3, 0.4) is 0 Å². The molecule has 2 atom stereocenters. The standard InChI is InChI=1S/C9H10BrNO2S/c10-8-5-7(8)6-3-1-2-4-9(6)14(11,12)13/h1-4,7-8H,5H2,(H2,11,12,13). The summed E-state index contributed by atoms with van der Waals surface area (Å²) in [4.78, 5) is 0.650. The largest absolute Gasteiger partial charge is 0.238 e. The first-order valence-corrected chi connectivity index (χ1v) is 6.72. The van der Waals surface area contributed by atoms with Gasteiger partial charge in [-0.1, -0.05) is 34.1 Å². The van der Waals surface area contributed by atoms with Crippen molar-refractivity contribution in [1.29, 1.82) is 0 Å². The number of nitrogens with two attached hydrogens (primary N) is 1. The third-order valence-corrected chi connectivity index (χ3v) is 4.33. The lowest BCUT2D eigenvalue weighted by Crippen LogP contribution is -2.14. The summed E-state index contributed by atoms with van der Waals surface area (Å²) in [6, 6.07) is 6.91. The maximum absolute atomic E-state index is 11.3. The van der Waals surface area contributed by atoms with Gasteiger partial charge in [-0.15, -0.1) is 0 Å². The second kappa shape index (κ2) is 3.32. The van der Waals surface area contributed by atoms with Crippen molar-refractivity contribution in [3.05, 3.63) is 29.8 Å². The molecular formula is C9H10BrNO2S. The van der Waals surface area contributed by atoms with Crippen LogP contribution in [-0.2, 0) is 10.0 Å². The van der Waals surface area contributed by atoms with Crippen molar-refractivity contribution in [2.45, 2.75) is 22.1 Å². The Morgan fingerprint density at radius 3 is 2.43 bits per heavy atom. The van der Waals surface area contributed by atoms with Crippen LogP contribution in [0.1, 0.15) is 17.9 Å². The number of primary sulfonamides is 1. The van der Waals surface area contributed by atoms with E-state index < -0.39 is 10.0 Å². The highest BCUT2D eigenvalue weighted by Gasteiger charge is 2.38. The first-order valence-electron chi connectivity index (χ1n) is 4.26. The van der Waals surface area contributed by atoms with E-state index in [1.165, 1.54) is 0 Å². The second-order valence-corrected chi connectivity index (χ2v) is 6.15. The fraction of sp³-hybridized carbons (Fsp3) is 0.333. The third-order valence-electron chi connectivity index (χ3n) is 2.34. The van der Waals surface area contributed by atoms with E-state index in [1.54, 1.807) is 12.1 Å². The van der Waals surface area contributed by atoms with Crippen molar-refractivity contribution < 1.29 is 8.42 Å². The average Bonchev–Trinajstić information content (AvgIpc) is 2.81. The Kier molecular flexibility index (Phi) is 2.41. The van der Waals surface area contributed by atoms with Crippen LogP contribution in [0.4, 0.5) is 0 Å². The molecule has 1 aromatic carbocycles. The highest BCUT2D eigenvalue weighted by molar-refractivity contribution is 9.09. The highest BCUT2D eigenvalue weighted by Crippen LogP contribution is 2.48. The molecule has 76 valence electrons. The van der Waals surface area contributed by atoms with E-state index in [4.69, 9.17) is 5.14 Å². The van der Waals surface area contributed by atoms with Crippen LogP contribution in [0.15, 0.2) is 29.2 Å². The molecule has 0 amide bonds. The SMILES string of the molecule is NS(=O)(=O)c1ccccc1C1CC1Br. The van der Waals surface area contributed by atoms with Gasteiger partial charge in [0.25, 0.3) is 0 Å². The number of rotatable bonds is 2. The molecule has 0 heterocycles. The third kappa shape index (κ3) is 1.85. The molecule has 0 saturated heterocycles. The normalized spacial score (nSPS) is 26.1. The number of hydrogen-bond donors (Lipinski definition) is 1. The Balaban J connectivity index is 2.50. The lowest BCUT2D eigenvalue weighted by Gasteiger charge is -2.05. The Bertz CT molecular complexity index is 458. The fourth-order valence-electron chi connectivity index (χ4n) is 1.53. The van der Waals surface area contributed by atoms with E-state index in [-0.39, 0.29) is 4.90 Å². The Morgan fingerprint density at radius 1 is 1.36 bits per heavy atom. The van der Waals surface area contributed by atoms with E-state index in [1.807, 2.05) is 12.1 Å². The van der Waals surface area contributed by atoms with Crippen molar-refractivity contribution in [3.63, 3.8) is 0 Å². The first-order chi connectivity index (χ1) is 6.50. The van der Waals surface area contributed by atoms with Gasteiger partial charge < -0.3 is 0 Å². The number of hydrogen-bond acceptors (Lipinski definition) is 2. The molecule has 3 nitrogen and oxygen atoms in total. The topological polar surface area (TPSA) is 60.2 Å². The maximum atomic E-state index is 11.3. The van der Waals surface area contributed by atoms with Crippen LogP contribution in [0.2, 0.25) is 0 Å². The van der Waals surface area contributed by atoms with E-state index in [9.17, 15) is 8.42 Å². The zero-order valence-electron chi connectivity index (χ0n) is 7.35. The Labute approximate surface area is 91.5 Å². The molecule has 1 aliphatic rings. The molecule has 0 bridgehead atoms. The predicted octanol–water partition coefficient (Wildman–Crippen LogP) is 1.58. The van der Waals surface area contributed by atoms with Gasteiger partial charge in [-0.25, -0.2) is 13.6 Å². The number of alkyl halides is 1. The molecule has 1 saturated carbocycles. The molecule has 1 aromatic rings. The number of sulfonamides is 1. The van der Waals surface area contributed by atoms with Gasteiger partial charge in [0.05, 0.1) is 4.90 Å². The molecule has 14 heavy (non-hydrogen) atoms. The second-order valence-electron chi connectivity index (χ2n) is 3.44. The van der Waals surface area contributed by atoms with Gasteiger partial charge in [-0.2, -0.15) is 0 Å². The molecular weight excluding hydrogens is 266 g/mol. The summed E-state index contributed by atoms with van der Waals surface area (Å²) in [6.07, 6.45) is 0.979. The molecule has 0 spiro atoms. The number of benzene rings is 1. The summed E-state index contributed by atoms with van der Waals surface area (Å²) in [7, 11) is -3.58. The molecule has 5 heteroatoms. The summed E-state index contributed by atoms with van der Waals surface area (Å²) in [5.41, 5.74) is 0.830. The molecule has 1 fully saturated rings. The lowest BCUT2D eigenvalue weighted by molar-refractivity contribution is 0.596. The lowest BCUT2D eigenvalue weighted by atomic mass is 10.1. The van der Waals surface area contributed by atoms with Gasteiger partial charge in [0, 0.05) is 4.83 Å².